The van der Waals surface area contributed by atoms with Crippen LogP contribution in [0, 0.1) is 5.92 Å². The molecule has 2 aliphatic rings. The normalized spacial score (nSPS) is 37.1. The molecular weight excluding hydrogens is 236 g/mol. The van der Waals surface area contributed by atoms with Crippen molar-refractivity contribution < 1.29 is 8.42 Å². The van der Waals surface area contributed by atoms with E-state index in [1.165, 1.54) is 19.3 Å². The topological polar surface area (TPSA) is 58.2 Å². The molecule has 0 amide bonds. The van der Waals surface area contributed by atoms with Crippen LogP contribution in [0.2, 0.25) is 0 Å². The van der Waals surface area contributed by atoms with Gasteiger partial charge < -0.3 is 10.6 Å². The van der Waals surface area contributed by atoms with Crippen molar-refractivity contribution in [3.8, 4) is 0 Å². The van der Waals surface area contributed by atoms with E-state index in [4.69, 9.17) is 0 Å². The number of hydrogen-bond acceptors (Lipinski definition) is 4. The zero-order valence-corrected chi connectivity index (χ0v) is 11.4. The van der Waals surface area contributed by atoms with E-state index in [1.807, 2.05) is 0 Å². The molecule has 17 heavy (non-hydrogen) atoms. The van der Waals surface area contributed by atoms with Gasteiger partial charge in [-0.05, 0) is 38.1 Å². The van der Waals surface area contributed by atoms with Crippen LogP contribution in [0.4, 0.5) is 0 Å². The molecule has 2 N–H and O–H groups in total. The molecule has 1 aliphatic heterocycles. The molecule has 2 rings (SSSR count). The van der Waals surface area contributed by atoms with Crippen LogP contribution in [-0.4, -0.2) is 45.1 Å². The van der Waals surface area contributed by atoms with Crippen LogP contribution in [0.3, 0.4) is 0 Å². The minimum Gasteiger partial charge on any atom is -0.314 e. The van der Waals surface area contributed by atoms with Crippen LogP contribution in [0.5, 0.6) is 0 Å². The van der Waals surface area contributed by atoms with Gasteiger partial charge in [0.25, 0.3) is 0 Å². The summed E-state index contributed by atoms with van der Waals surface area (Å²) in [6.45, 7) is 3.86. The van der Waals surface area contributed by atoms with Gasteiger partial charge in [-0.25, -0.2) is 8.42 Å². The minimum absolute atomic E-state index is 0.153. The van der Waals surface area contributed by atoms with Crippen LogP contribution >= 0.6 is 0 Å². The van der Waals surface area contributed by atoms with Gasteiger partial charge in [-0.15, -0.1) is 0 Å². The van der Waals surface area contributed by atoms with E-state index in [-0.39, 0.29) is 6.04 Å². The maximum Gasteiger partial charge on any atom is 0.153 e. The molecule has 1 saturated carbocycles. The molecule has 1 heterocycles. The molecule has 0 spiro atoms. The first-order valence-electron chi connectivity index (χ1n) is 6.72. The molecule has 0 aromatic carbocycles. The summed E-state index contributed by atoms with van der Waals surface area (Å²) in [6, 6.07) is 0.810. The second-order valence-corrected chi connectivity index (χ2v) is 7.85. The Morgan fingerprint density at radius 3 is 2.82 bits per heavy atom. The molecule has 0 aromatic heterocycles. The van der Waals surface area contributed by atoms with Gasteiger partial charge in [0, 0.05) is 18.6 Å². The Balaban J connectivity index is 1.65. The highest BCUT2D eigenvalue weighted by Crippen LogP contribution is 2.24. The molecule has 4 nitrogen and oxygen atoms in total. The Morgan fingerprint density at radius 1 is 1.35 bits per heavy atom. The summed E-state index contributed by atoms with van der Waals surface area (Å²) in [7, 11) is -2.78. The molecule has 3 unspecified atom stereocenters. The van der Waals surface area contributed by atoms with Gasteiger partial charge in [-0.1, -0.05) is 6.92 Å². The average molecular weight is 260 g/mol. The van der Waals surface area contributed by atoms with Gasteiger partial charge >= 0.3 is 0 Å². The lowest BCUT2D eigenvalue weighted by Crippen LogP contribution is -2.46. The number of nitrogens with one attached hydrogen (secondary N) is 2. The fourth-order valence-electron chi connectivity index (χ4n) is 2.91. The first-order chi connectivity index (χ1) is 8.05. The van der Waals surface area contributed by atoms with Gasteiger partial charge in [0.1, 0.15) is 0 Å². The SMILES string of the molecule is CC1CCC(NCCC2CS(=O)(=O)CCN2)C1. The van der Waals surface area contributed by atoms with E-state index in [0.29, 0.717) is 24.1 Å². The van der Waals surface area contributed by atoms with Crippen molar-refractivity contribution in [2.75, 3.05) is 24.6 Å². The van der Waals surface area contributed by atoms with Crippen LogP contribution in [0.15, 0.2) is 0 Å². The van der Waals surface area contributed by atoms with Crippen LogP contribution in [-0.2, 0) is 9.84 Å². The maximum absolute atomic E-state index is 11.5. The van der Waals surface area contributed by atoms with Crippen LogP contribution in [0.1, 0.15) is 32.6 Å². The largest absolute Gasteiger partial charge is 0.314 e. The van der Waals surface area contributed by atoms with E-state index in [0.717, 1.165) is 18.9 Å². The molecule has 2 fully saturated rings. The minimum atomic E-state index is -2.78. The Bertz CT molecular complexity index is 342. The number of rotatable bonds is 4. The van der Waals surface area contributed by atoms with Crippen molar-refractivity contribution in [2.45, 2.75) is 44.7 Å². The van der Waals surface area contributed by atoms with Gasteiger partial charge in [0.15, 0.2) is 9.84 Å². The van der Waals surface area contributed by atoms with Crippen molar-refractivity contribution in [3.63, 3.8) is 0 Å². The third-order valence-electron chi connectivity index (χ3n) is 3.92. The van der Waals surface area contributed by atoms with Crippen molar-refractivity contribution in [1.82, 2.24) is 10.6 Å². The molecule has 100 valence electrons. The highest BCUT2D eigenvalue weighted by Gasteiger charge is 2.25. The zero-order chi connectivity index (χ0) is 12.3. The second kappa shape index (κ2) is 5.67. The maximum atomic E-state index is 11.5. The first-order valence-corrected chi connectivity index (χ1v) is 8.54. The number of sulfone groups is 1. The summed E-state index contributed by atoms with van der Waals surface area (Å²) in [5, 5.41) is 6.84. The van der Waals surface area contributed by atoms with Crippen molar-refractivity contribution in [3.05, 3.63) is 0 Å². The summed E-state index contributed by atoms with van der Waals surface area (Å²) in [4.78, 5) is 0. The lowest BCUT2D eigenvalue weighted by molar-refractivity contribution is 0.445. The molecule has 1 aliphatic carbocycles. The molecular formula is C12H24N2O2S. The van der Waals surface area contributed by atoms with Gasteiger partial charge in [0.2, 0.25) is 0 Å². The standard InChI is InChI=1S/C12H24N2O2S/c1-10-2-3-11(8-10)13-5-4-12-9-17(15,16)7-6-14-12/h10-14H,2-9H2,1H3. The Morgan fingerprint density at radius 2 is 2.18 bits per heavy atom. The smallest absolute Gasteiger partial charge is 0.153 e. The summed E-state index contributed by atoms with van der Waals surface area (Å²) < 4.78 is 22.9. The summed E-state index contributed by atoms with van der Waals surface area (Å²) in [6.07, 6.45) is 4.80. The summed E-state index contributed by atoms with van der Waals surface area (Å²) >= 11 is 0. The van der Waals surface area contributed by atoms with Crippen molar-refractivity contribution >= 4 is 9.84 Å². The summed E-state index contributed by atoms with van der Waals surface area (Å²) in [5.41, 5.74) is 0. The number of hydrogen-bond donors (Lipinski definition) is 2. The first kappa shape index (κ1) is 13.3. The zero-order valence-electron chi connectivity index (χ0n) is 10.6. The van der Waals surface area contributed by atoms with E-state index >= 15 is 0 Å². The predicted molar refractivity (Wildman–Crippen MR) is 69.9 cm³/mol. The lowest BCUT2D eigenvalue weighted by Gasteiger charge is -2.24. The third kappa shape index (κ3) is 4.23. The van der Waals surface area contributed by atoms with Gasteiger partial charge in [0.05, 0.1) is 11.5 Å². The predicted octanol–water partition coefficient (Wildman–Crippen LogP) is 0.541. The Hall–Kier alpha value is -0.130. The van der Waals surface area contributed by atoms with Crippen molar-refractivity contribution in [2.24, 2.45) is 5.92 Å². The second-order valence-electron chi connectivity index (χ2n) is 5.62. The monoisotopic (exact) mass is 260 g/mol. The van der Waals surface area contributed by atoms with Crippen LogP contribution < -0.4 is 10.6 Å². The lowest BCUT2D eigenvalue weighted by atomic mass is 10.1. The fourth-order valence-corrected chi connectivity index (χ4v) is 4.40. The van der Waals surface area contributed by atoms with Crippen LogP contribution in [0.25, 0.3) is 0 Å². The quantitative estimate of drug-likeness (QED) is 0.775. The summed E-state index contributed by atoms with van der Waals surface area (Å²) in [5.74, 6) is 1.47. The molecule has 5 heteroatoms. The molecule has 0 radical (unpaired) electrons. The van der Waals surface area contributed by atoms with Crippen molar-refractivity contribution in [1.29, 1.82) is 0 Å². The molecule has 0 aromatic rings. The fraction of sp³-hybridized carbons (Fsp3) is 1.00. The molecule has 1 saturated heterocycles. The Labute approximate surface area is 104 Å². The van der Waals surface area contributed by atoms with E-state index in [1.54, 1.807) is 0 Å². The average Bonchev–Trinajstić information content (AvgIpc) is 2.63. The van der Waals surface area contributed by atoms with E-state index in [2.05, 4.69) is 17.6 Å². The third-order valence-corrected chi connectivity index (χ3v) is 5.66. The molecule has 0 bridgehead atoms. The highest BCUT2D eigenvalue weighted by molar-refractivity contribution is 7.91. The van der Waals surface area contributed by atoms with E-state index < -0.39 is 9.84 Å². The van der Waals surface area contributed by atoms with E-state index in [9.17, 15) is 8.42 Å². The molecule has 3 atom stereocenters. The van der Waals surface area contributed by atoms with Gasteiger partial charge in [-0.2, -0.15) is 0 Å². The Kier molecular flexibility index (Phi) is 4.44. The van der Waals surface area contributed by atoms with Gasteiger partial charge in [-0.3, -0.25) is 0 Å². The highest BCUT2D eigenvalue weighted by atomic mass is 32.2.